The largest absolute Gasteiger partial charge is 0.497 e. The van der Waals surface area contributed by atoms with Crippen LogP contribution in [0.25, 0.3) is 10.2 Å². The van der Waals surface area contributed by atoms with Crippen LogP contribution in [0.5, 0.6) is 5.75 Å². The third kappa shape index (κ3) is 2.80. The fourth-order valence-corrected chi connectivity index (χ4v) is 3.24. The van der Waals surface area contributed by atoms with Crippen LogP contribution in [0.3, 0.4) is 0 Å². The molecular formula is C15H14ClN3OS. The molecule has 2 heterocycles. The van der Waals surface area contributed by atoms with Gasteiger partial charge in [0, 0.05) is 10.6 Å². The minimum Gasteiger partial charge on any atom is -0.497 e. The van der Waals surface area contributed by atoms with E-state index in [1.165, 1.54) is 4.88 Å². The van der Waals surface area contributed by atoms with E-state index in [1.807, 2.05) is 32.0 Å². The summed E-state index contributed by atoms with van der Waals surface area (Å²) in [4.78, 5) is 10.6. The van der Waals surface area contributed by atoms with Gasteiger partial charge in [-0.05, 0) is 55.3 Å². The molecule has 3 rings (SSSR count). The van der Waals surface area contributed by atoms with Crippen molar-refractivity contribution in [2.75, 3.05) is 12.4 Å². The minimum atomic E-state index is 0.248. The van der Waals surface area contributed by atoms with Gasteiger partial charge in [0.2, 0.25) is 5.28 Å². The molecule has 0 bridgehead atoms. The number of ether oxygens (including phenoxy) is 1. The first kappa shape index (κ1) is 14.1. The molecule has 6 heteroatoms. The van der Waals surface area contributed by atoms with Gasteiger partial charge >= 0.3 is 0 Å². The SMILES string of the molecule is COc1ccc(Nc2nc(Cl)nc3sc(C)cc23)c(C)c1. The molecule has 0 saturated carbocycles. The number of benzene rings is 1. The number of aromatic nitrogens is 2. The zero-order valence-electron chi connectivity index (χ0n) is 11.9. The van der Waals surface area contributed by atoms with E-state index >= 15 is 0 Å². The Morgan fingerprint density at radius 3 is 2.71 bits per heavy atom. The Bertz CT molecular complexity index is 816. The van der Waals surface area contributed by atoms with Crippen molar-refractivity contribution in [3.8, 4) is 5.75 Å². The lowest BCUT2D eigenvalue weighted by molar-refractivity contribution is 0.414. The molecule has 0 aliphatic heterocycles. The van der Waals surface area contributed by atoms with Gasteiger partial charge in [0.25, 0.3) is 0 Å². The maximum Gasteiger partial charge on any atom is 0.225 e. The summed E-state index contributed by atoms with van der Waals surface area (Å²) in [6, 6.07) is 7.92. The van der Waals surface area contributed by atoms with Crippen molar-refractivity contribution in [2.45, 2.75) is 13.8 Å². The van der Waals surface area contributed by atoms with Gasteiger partial charge in [-0.2, -0.15) is 4.98 Å². The lowest BCUT2D eigenvalue weighted by atomic mass is 10.2. The highest BCUT2D eigenvalue weighted by molar-refractivity contribution is 7.18. The highest BCUT2D eigenvalue weighted by atomic mass is 35.5. The monoisotopic (exact) mass is 319 g/mol. The van der Waals surface area contributed by atoms with Crippen LogP contribution in [0.15, 0.2) is 24.3 Å². The second-order valence-electron chi connectivity index (χ2n) is 4.72. The second-order valence-corrected chi connectivity index (χ2v) is 6.30. The third-order valence-electron chi connectivity index (χ3n) is 3.18. The first-order chi connectivity index (χ1) is 10.1. The van der Waals surface area contributed by atoms with Gasteiger partial charge in [-0.25, -0.2) is 4.98 Å². The number of fused-ring (bicyclic) bond motifs is 1. The van der Waals surface area contributed by atoms with Crippen molar-refractivity contribution in [1.82, 2.24) is 9.97 Å². The van der Waals surface area contributed by atoms with Gasteiger partial charge in [0.15, 0.2) is 0 Å². The first-order valence-corrected chi connectivity index (χ1v) is 7.61. The summed E-state index contributed by atoms with van der Waals surface area (Å²) in [5.74, 6) is 1.55. The Morgan fingerprint density at radius 1 is 1.19 bits per heavy atom. The van der Waals surface area contributed by atoms with E-state index in [1.54, 1.807) is 18.4 Å². The summed E-state index contributed by atoms with van der Waals surface area (Å²) in [6.45, 7) is 4.06. The quantitative estimate of drug-likeness (QED) is 0.710. The van der Waals surface area contributed by atoms with Gasteiger partial charge in [-0.1, -0.05) is 0 Å². The number of thiophene rings is 1. The van der Waals surface area contributed by atoms with Crippen LogP contribution >= 0.6 is 22.9 Å². The average molecular weight is 320 g/mol. The van der Waals surface area contributed by atoms with E-state index in [0.29, 0.717) is 0 Å². The topological polar surface area (TPSA) is 47.0 Å². The molecular weight excluding hydrogens is 306 g/mol. The summed E-state index contributed by atoms with van der Waals surface area (Å²) < 4.78 is 5.22. The smallest absolute Gasteiger partial charge is 0.225 e. The maximum atomic E-state index is 6.01. The molecule has 1 N–H and O–H groups in total. The molecule has 1 aromatic carbocycles. The number of nitrogens with one attached hydrogen (secondary N) is 1. The molecule has 108 valence electrons. The molecule has 0 radical (unpaired) electrons. The lowest BCUT2D eigenvalue weighted by Crippen LogP contribution is -1.98. The predicted octanol–water partition coefficient (Wildman–Crippen LogP) is 4.71. The average Bonchev–Trinajstić information content (AvgIpc) is 2.81. The summed E-state index contributed by atoms with van der Waals surface area (Å²) in [7, 11) is 1.66. The number of rotatable bonds is 3. The molecule has 4 nitrogen and oxygen atoms in total. The molecule has 0 spiro atoms. The van der Waals surface area contributed by atoms with E-state index < -0.39 is 0 Å². The van der Waals surface area contributed by atoms with Crippen molar-refractivity contribution in [3.05, 3.63) is 40.0 Å². The summed E-state index contributed by atoms with van der Waals surface area (Å²) in [6.07, 6.45) is 0. The van der Waals surface area contributed by atoms with E-state index in [0.717, 1.165) is 33.0 Å². The Morgan fingerprint density at radius 2 is 2.00 bits per heavy atom. The van der Waals surface area contributed by atoms with Crippen molar-refractivity contribution in [3.63, 3.8) is 0 Å². The van der Waals surface area contributed by atoms with Crippen LogP contribution in [0.4, 0.5) is 11.5 Å². The van der Waals surface area contributed by atoms with Crippen LogP contribution in [-0.4, -0.2) is 17.1 Å². The second kappa shape index (κ2) is 5.50. The fourth-order valence-electron chi connectivity index (χ4n) is 2.14. The predicted molar refractivity (Wildman–Crippen MR) is 88.2 cm³/mol. The Kier molecular flexibility index (Phi) is 3.69. The Labute approximate surface area is 131 Å². The molecule has 0 aliphatic carbocycles. The standard InChI is InChI=1S/C15H14ClN3OS/c1-8-6-10(20-3)4-5-12(8)17-13-11-7-9(2)21-14(11)19-15(16)18-13/h4-7H,1-3H3,(H,17,18,19). The summed E-state index contributed by atoms with van der Waals surface area (Å²) in [5.41, 5.74) is 2.04. The van der Waals surface area contributed by atoms with Crippen molar-refractivity contribution in [1.29, 1.82) is 0 Å². The van der Waals surface area contributed by atoms with Crippen LogP contribution in [0.1, 0.15) is 10.4 Å². The Hall–Kier alpha value is -1.85. The van der Waals surface area contributed by atoms with Crippen LogP contribution in [0.2, 0.25) is 5.28 Å². The van der Waals surface area contributed by atoms with Gasteiger partial charge in [-0.3, -0.25) is 0 Å². The summed E-state index contributed by atoms with van der Waals surface area (Å²) >= 11 is 7.62. The lowest BCUT2D eigenvalue weighted by Gasteiger charge is -2.11. The minimum absolute atomic E-state index is 0.248. The van der Waals surface area contributed by atoms with Gasteiger partial charge in [-0.15, -0.1) is 11.3 Å². The zero-order valence-corrected chi connectivity index (χ0v) is 13.5. The molecule has 0 unspecified atom stereocenters. The first-order valence-electron chi connectivity index (χ1n) is 6.42. The van der Waals surface area contributed by atoms with E-state index in [2.05, 4.69) is 21.4 Å². The van der Waals surface area contributed by atoms with Gasteiger partial charge in [0.05, 0.1) is 12.5 Å². The number of hydrogen-bond donors (Lipinski definition) is 1. The Balaban J connectivity index is 2.05. The maximum absolute atomic E-state index is 6.01. The normalized spacial score (nSPS) is 10.9. The molecule has 0 saturated heterocycles. The van der Waals surface area contributed by atoms with Crippen molar-refractivity contribution >= 4 is 44.7 Å². The van der Waals surface area contributed by atoms with E-state index in [4.69, 9.17) is 16.3 Å². The molecule has 0 atom stereocenters. The van der Waals surface area contributed by atoms with Crippen molar-refractivity contribution in [2.24, 2.45) is 0 Å². The number of halogens is 1. The highest BCUT2D eigenvalue weighted by Crippen LogP contribution is 2.32. The number of anilines is 2. The number of methoxy groups -OCH3 is 1. The summed E-state index contributed by atoms with van der Waals surface area (Å²) in [5, 5.41) is 4.57. The molecule has 0 aliphatic rings. The molecule has 3 aromatic rings. The fraction of sp³-hybridized carbons (Fsp3) is 0.200. The molecule has 0 amide bonds. The van der Waals surface area contributed by atoms with Crippen LogP contribution < -0.4 is 10.1 Å². The van der Waals surface area contributed by atoms with Crippen molar-refractivity contribution < 1.29 is 4.74 Å². The zero-order chi connectivity index (χ0) is 15.0. The van der Waals surface area contributed by atoms with Crippen LogP contribution in [-0.2, 0) is 0 Å². The third-order valence-corrected chi connectivity index (χ3v) is 4.29. The molecule has 0 fully saturated rings. The molecule has 21 heavy (non-hydrogen) atoms. The van der Waals surface area contributed by atoms with Gasteiger partial charge in [0.1, 0.15) is 16.4 Å². The van der Waals surface area contributed by atoms with E-state index in [9.17, 15) is 0 Å². The molecule has 2 aromatic heterocycles. The van der Waals surface area contributed by atoms with Gasteiger partial charge < -0.3 is 10.1 Å². The number of nitrogens with zero attached hydrogens (tertiary/aromatic N) is 2. The number of aryl methyl sites for hydroxylation is 2. The van der Waals surface area contributed by atoms with E-state index in [-0.39, 0.29) is 5.28 Å². The van der Waals surface area contributed by atoms with Crippen LogP contribution in [0, 0.1) is 13.8 Å². The highest BCUT2D eigenvalue weighted by Gasteiger charge is 2.11. The number of hydrogen-bond acceptors (Lipinski definition) is 5.